The first-order chi connectivity index (χ1) is 13.1. The predicted molar refractivity (Wildman–Crippen MR) is 113 cm³/mol. The zero-order chi connectivity index (χ0) is 20.1. The van der Waals surface area contributed by atoms with Gasteiger partial charge in [-0.15, -0.1) is 0 Å². The molecule has 0 saturated carbocycles. The van der Waals surface area contributed by atoms with Crippen molar-refractivity contribution in [2.24, 2.45) is 0 Å². The molecule has 1 N–H and O–H groups in total. The smallest absolute Gasteiger partial charge is 0.122 e. The minimum Gasteiger partial charge on any atom is -0.497 e. The Morgan fingerprint density at radius 3 is 2.44 bits per heavy atom. The molecule has 0 saturated heterocycles. The van der Waals surface area contributed by atoms with Crippen molar-refractivity contribution in [1.29, 1.82) is 0 Å². The fourth-order valence-corrected chi connectivity index (χ4v) is 2.63. The summed E-state index contributed by atoms with van der Waals surface area (Å²) in [5.41, 5.74) is 2.39. The number of aryl methyl sites for hydroxylation is 2. The van der Waals surface area contributed by atoms with Crippen molar-refractivity contribution in [2.45, 2.75) is 39.2 Å². The molecule has 0 amide bonds. The second-order valence-corrected chi connectivity index (χ2v) is 6.52. The van der Waals surface area contributed by atoms with Crippen molar-refractivity contribution in [2.75, 3.05) is 34.4 Å². The fourth-order valence-electron chi connectivity index (χ4n) is 2.63. The van der Waals surface area contributed by atoms with Crippen molar-refractivity contribution in [3.63, 3.8) is 0 Å². The summed E-state index contributed by atoms with van der Waals surface area (Å²) in [5.74, 6) is 1.74. The maximum absolute atomic E-state index is 10.1. The van der Waals surface area contributed by atoms with E-state index in [-0.39, 0.29) is 0 Å². The third kappa shape index (κ3) is 8.94. The number of benzene rings is 2. The molecule has 150 valence electrons. The Hall–Kier alpha value is -2.04. The Morgan fingerprint density at radius 2 is 1.74 bits per heavy atom. The van der Waals surface area contributed by atoms with E-state index in [9.17, 15) is 5.11 Å². The second-order valence-electron chi connectivity index (χ2n) is 6.52. The first-order valence-electron chi connectivity index (χ1n) is 9.75. The molecular formula is C23H35NO3. The maximum atomic E-state index is 10.1. The zero-order valence-corrected chi connectivity index (χ0v) is 17.4. The first-order valence-corrected chi connectivity index (χ1v) is 9.75. The van der Waals surface area contributed by atoms with Crippen LogP contribution in [-0.4, -0.2) is 50.5 Å². The third-order valence-electron chi connectivity index (χ3n) is 4.13. The fraction of sp³-hybridized carbons (Fsp3) is 0.478. The zero-order valence-electron chi connectivity index (χ0n) is 17.4. The normalized spacial score (nSPS) is 11.5. The minimum absolute atomic E-state index is 0.323. The lowest BCUT2D eigenvalue weighted by atomic mass is 10.0. The highest BCUT2D eigenvalue weighted by Gasteiger charge is 2.09. The molecule has 0 aliphatic carbocycles. The Kier molecular flexibility index (Phi) is 11.2. The lowest BCUT2D eigenvalue weighted by Gasteiger charge is -2.17. The van der Waals surface area contributed by atoms with Crippen LogP contribution in [0.1, 0.15) is 31.4 Å². The SMILES string of the molecule is CC.COc1cccc(CCc2ccccc2OCC(O)CCN(C)C)c1. The van der Waals surface area contributed by atoms with Gasteiger partial charge in [0.25, 0.3) is 0 Å². The molecule has 4 nitrogen and oxygen atoms in total. The van der Waals surface area contributed by atoms with Crippen LogP contribution < -0.4 is 9.47 Å². The average molecular weight is 374 g/mol. The molecule has 0 aliphatic heterocycles. The van der Waals surface area contributed by atoms with E-state index < -0.39 is 6.10 Å². The molecule has 0 fully saturated rings. The number of hydrogen-bond donors (Lipinski definition) is 1. The summed E-state index contributed by atoms with van der Waals surface area (Å²) >= 11 is 0. The van der Waals surface area contributed by atoms with Gasteiger partial charge in [0, 0.05) is 6.54 Å². The molecule has 27 heavy (non-hydrogen) atoms. The van der Waals surface area contributed by atoms with E-state index in [1.165, 1.54) is 5.56 Å². The molecule has 0 bridgehead atoms. The number of hydrogen-bond acceptors (Lipinski definition) is 4. The molecule has 2 rings (SSSR count). The van der Waals surface area contributed by atoms with Crippen LogP contribution in [0.4, 0.5) is 0 Å². The molecule has 0 aromatic heterocycles. The number of aliphatic hydroxyl groups excluding tert-OH is 1. The van der Waals surface area contributed by atoms with Gasteiger partial charge in [0.05, 0.1) is 13.2 Å². The number of para-hydroxylation sites is 1. The van der Waals surface area contributed by atoms with Crippen molar-refractivity contribution in [1.82, 2.24) is 4.90 Å². The second kappa shape index (κ2) is 13.2. The van der Waals surface area contributed by atoms with Gasteiger partial charge >= 0.3 is 0 Å². The molecule has 2 aromatic rings. The summed E-state index contributed by atoms with van der Waals surface area (Å²) in [6.45, 7) is 5.17. The highest BCUT2D eigenvalue weighted by Crippen LogP contribution is 2.21. The summed E-state index contributed by atoms with van der Waals surface area (Å²) in [5, 5.41) is 10.1. The van der Waals surface area contributed by atoms with Gasteiger partial charge in [0.2, 0.25) is 0 Å². The standard InChI is InChI=1S/C21H29NO3.C2H6/c1-22(2)14-13-19(23)16-25-21-10-5-4-8-18(21)12-11-17-7-6-9-20(15-17)24-3;1-2/h4-10,15,19,23H,11-14,16H2,1-3H3;1-2H3. The van der Waals surface area contributed by atoms with E-state index in [0.717, 1.165) is 36.4 Å². The molecule has 0 heterocycles. The van der Waals surface area contributed by atoms with Crippen molar-refractivity contribution in [3.8, 4) is 11.5 Å². The molecule has 2 aromatic carbocycles. The highest BCUT2D eigenvalue weighted by molar-refractivity contribution is 5.35. The van der Waals surface area contributed by atoms with Crippen molar-refractivity contribution < 1.29 is 14.6 Å². The van der Waals surface area contributed by atoms with Gasteiger partial charge in [-0.1, -0.05) is 44.2 Å². The van der Waals surface area contributed by atoms with E-state index in [1.54, 1.807) is 7.11 Å². The lowest BCUT2D eigenvalue weighted by Crippen LogP contribution is -2.24. The summed E-state index contributed by atoms with van der Waals surface area (Å²) < 4.78 is 11.2. The van der Waals surface area contributed by atoms with Crippen molar-refractivity contribution >= 4 is 0 Å². The molecule has 0 radical (unpaired) electrons. The van der Waals surface area contributed by atoms with Gasteiger partial charge < -0.3 is 19.5 Å². The summed E-state index contributed by atoms with van der Waals surface area (Å²) in [7, 11) is 5.69. The van der Waals surface area contributed by atoms with Crippen LogP contribution in [-0.2, 0) is 12.8 Å². The van der Waals surface area contributed by atoms with Crippen LogP contribution in [0, 0.1) is 0 Å². The quantitative estimate of drug-likeness (QED) is 0.678. The van der Waals surface area contributed by atoms with Gasteiger partial charge in [-0.2, -0.15) is 0 Å². The Morgan fingerprint density at radius 1 is 1.00 bits per heavy atom. The Balaban J connectivity index is 0.00000176. The van der Waals surface area contributed by atoms with Gasteiger partial charge in [-0.05, 0) is 62.7 Å². The summed E-state index contributed by atoms with van der Waals surface area (Å²) in [6.07, 6.45) is 2.06. The van der Waals surface area contributed by atoms with Crippen LogP contribution in [0.25, 0.3) is 0 Å². The molecule has 0 spiro atoms. The van der Waals surface area contributed by atoms with Crippen LogP contribution in [0.15, 0.2) is 48.5 Å². The molecular weight excluding hydrogens is 338 g/mol. The lowest BCUT2D eigenvalue weighted by molar-refractivity contribution is 0.0925. The third-order valence-corrected chi connectivity index (χ3v) is 4.13. The van der Waals surface area contributed by atoms with Gasteiger partial charge in [-0.3, -0.25) is 0 Å². The van der Waals surface area contributed by atoms with Crippen LogP contribution in [0.5, 0.6) is 11.5 Å². The van der Waals surface area contributed by atoms with E-state index >= 15 is 0 Å². The predicted octanol–water partition coefficient (Wildman–Crippen LogP) is 4.20. The highest BCUT2D eigenvalue weighted by atomic mass is 16.5. The van der Waals surface area contributed by atoms with Gasteiger partial charge in [-0.25, -0.2) is 0 Å². The summed E-state index contributed by atoms with van der Waals surface area (Å²) in [6, 6.07) is 16.2. The topological polar surface area (TPSA) is 41.9 Å². The minimum atomic E-state index is -0.450. The van der Waals surface area contributed by atoms with Crippen molar-refractivity contribution in [3.05, 3.63) is 59.7 Å². The van der Waals surface area contributed by atoms with Gasteiger partial charge in [0.1, 0.15) is 18.1 Å². The number of nitrogens with zero attached hydrogens (tertiary/aromatic N) is 1. The number of ether oxygens (including phenoxy) is 2. The molecule has 4 heteroatoms. The monoisotopic (exact) mass is 373 g/mol. The number of aliphatic hydroxyl groups is 1. The van der Waals surface area contributed by atoms with Crippen LogP contribution >= 0.6 is 0 Å². The van der Waals surface area contributed by atoms with E-state index in [2.05, 4.69) is 23.1 Å². The largest absolute Gasteiger partial charge is 0.497 e. The summed E-state index contributed by atoms with van der Waals surface area (Å²) in [4.78, 5) is 2.06. The molecule has 1 atom stereocenters. The Labute approximate surface area is 164 Å². The molecule has 1 unspecified atom stereocenters. The maximum Gasteiger partial charge on any atom is 0.122 e. The number of methoxy groups -OCH3 is 1. The number of rotatable bonds is 10. The van der Waals surface area contributed by atoms with E-state index in [1.807, 2.05) is 58.3 Å². The van der Waals surface area contributed by atoms with Crippen LogP contribution in [0.3, 0.4) is 0 Å². The van der Waals surface area contributed by atoms with Gasteiger partial charge in [0.15, 0.2) is 0 Å². The van der Waals surface area contributed by atoms with Crippen LogP contribution in [0.2, 0.25) is 0 Å². The Bertz CT molecular complexity index is 643. The first kappa shape index (κ1) is 23.0. The van der Waals surface area contributed by atoms with E-state index in [0.29, 0.717) is 13.0 Å². The average Bonchev–Trinajstić information content (AvgIpc) is 2.71. The molecule has 0 aliphatic rings. The van der Waals surface area contributed by atoms with E-state index in [4.69, 9.17) is 9.47 Å².